The van der Waals surface area contributed by atoms with E-state index in [4.69, 9.17) is 26.4 Å². The fraction of sp³-hybridized carbons (Fsp3) is 0.423. The van der Waals surface area contributed by atoms with Crippen LogP contribution in [0.15, 0.2) is 55.1 Å². The number of nitrogens with one attached hydrogen (secondary N) is 1. The van der Waals surface area contributed by atoms with Gasteiger partial charge in [-0.1, -0.05) is 18.9 Å². The second kappa shape index (κ2) is 13.1. The van der Waals surface area contributed by atoms with Crippen molar-refractivity contribution in [2.45, 2.75) is 25.7 Å². The van der Waals surface area contributed by atoms with E-state index >= 15 is 0 Å². The van der Waals surface area contributed by atoms with Gasteiger partial charge >= 0.3 is 0 Å². The van der Waals surface area contributed by atoms with Gasteiger partial charge in [-0.2, -0.15) is 0 Å². The fourth-order valence-corrected chi connectivity index (χ4v) is 3.77. The lowest BCUT2D eigenvalue weighted by Gasteiger charge is -2.23. The maximum absolute atomic E-state index is 5.90. The van der Waals surface area contributed by atoms with Gasteiger partial charge in [0.1, 0.15) is 19.0 Å². The molecule has 0 saturated heterocycles. The molecule has 0 radical (unpaired) electrons. The molecule has 3 rings (SSSR count). The smallest absolute Gasteiger partial charge is 0.177 e. The number of nitrogens with zero attached hydrogens (tertiary/aromatic N) is 2. The molecular weight excluding hydrogens is 434 g/mol. The molecular formula is C26H35N3O3S. The van der Waals surface area contributed by atoms with Crippen molar-refractivity contribution in [3.63, 3.8) is 0 Å². The number of fused-ring (bicyclic) bond motifs is 1. The molecule has 1 N–H and O–H groups in total. The van der Waals surface area contributed by atoms with Crippen molar-refractivity contribution < 1.29 is 14.2 Å². The van der Waals surface area contributed by atoms with Crippen LogP contribution < -0.4 is 24.4 Å². The Balaban J connectivity index is 1.38. The van der Waals surface area contributed by atoms with E-state index in [1.807, 2.05) is 60.5 Å². The van der Waals surface area contributed by atoms with Crippen LogP contribution in [-0.4, -0.2) is 57.0 Å². The SMILES string of the molecule is C=CCN(C)CCCCCCOc1ccc(N(C)C(=S)Nc2ccc3c(c2)OCCO3)cc1. The van der Waals surface area contributed by atoms with Crippen LogP contribution >= 0.6 is 12.2 Å². The van der Waals surface area contributed by atoms with Crippen LogP contribution in [0.3, 0.4) is 0 Å². The molecule has 0 bridgehead atoms. The van der Waals surface area contributed by atoms with E-state index in [2.05, 4.69) is 23.8 Å². The third-order valence-corrected chi connectivity index (χ3v) is 5.84. The van der Waals surface area contributed by atoms with Crippen molar-refractivity contribution in [2.75, 3.05) is 57.2 Å². The van der Waals surface area contributed by atoms with Crippen LogP contribution in [0.4, 0.5) is 11.4 Å². The third kappa shape index (κ3) is 7.94. The van der Waals surface area contributed by atoms with Gasteiger partial charge in [0.05, 0.1) is 6.61 Å². The Morgan fingerprint density at radius 1 is 1.03 bits per heavy atom. The minimum absolute atomic E-state index is 0.558. The number of benzene rings is 2. The average Bonchev–Trinajstić information content (AvgIpc) is 2.83. The minimum atomic E-state index is 0.558. The summed E-state index contributed by atoms with van der Waals surface area (Å²) in [6.45, 7) is 7.72. The van der Waals surface area contributed by atoms with Crippen LogP contribution in [0, 0.1) is 0 Å². The maximum Gasteiger partial charge on any atom is 0.177 e. The van der Waals surface area contributed by atoms with Gasteiger partial charge in [0.25, 0.3) is 0 Å². The molecule has 2 aromatic rings. The van der Waals surface area contributed by atoms with E-state index in [-0.39, 0.29) is 0 Å². The molecule has 6 nitrogen and oxygen atoms in total. The summed E-state index contributed by atoms with van der Waals surface area (Å²) in [5.41, 5.74) is 1.85. The first-order valence-electron chi connectivity index (χ1n) is 11.5. The van der Waals surface area contributed by atoms with E-state index in [9.17, 15) is 0 Å². The van der Waals surface area contributed by atoms with Gasteiger partial charge in [0.2, 0.25) is 0 Å². The molecule has 2 aromatic carbocycles. The lowest BCUT2D eigenvalue weighted by atomic mass is 10.2. The Morgan fingerprint density at radius 2 is 1.76 bits per heavy atom. The quantitative estimate of drug-likeness (QED) is 0.255. The Morgan fingerprint density at radius 3 is 2.52 bits per heavy atom. The second-order valence-corrected chi connectivity index (χ2v) is 8.54. The highest BCUT2D eigenvalue weighted by Crippen LogP contribution is 2.32. The summed E-state index contributed by atoms with van der Waals surface area (Å²) in [5.74, 6) is 2.37. The zero-order valence-corrected chi connectivity index (χ0v) is 20.5. The van der Waals surface area contributed by atoms with Crippen molar-refractivity contribution in [1.82, 2.24) is 4.90 Å². The lowest BCUT2D eigenvalue weighted by molar-refractivity contribution is 0.171. The fourth-order valence-electron chi connectivity index (χ4n) is 3.55. The summed E-state index contributed by atoms with van der Waals surface area (Å²) >= 11 is 5.58. The Kier molecular flexibility index (Phi) is 9.84. The van der Waals surface area contributed by atoms with Crippen LogP contribution in [0.1, 0.15) is 25.7 Å². The number of hydrogen-bond acceptors (Lipinski definition) is 5. The average molecular weight is 470 g/mol. The molecule has 1 heterocycles. The number of likely N-dealkylation sites (N-methyl/N-ethyl adjacent to an activating group) is 1. The van der Waals surface area contributed by atoms with Crippen LogP contribution in [-0.2, 0) is 0 Å². The summed E-state index contributed by atoms with van der Waals surface area (Å²) in [6, 6.07) is 13.7. The van der Waals surface area contributed by atoms with E-state index in [0.29, 0.717) is 18.3 Å². The van der Waals surface area contributed by atoms with Crippen molar-refractivity contribution in [2.24, 2.45) is 0 Å². The normalized spacial score (nSPS) is 12.3. The molecule has 0 unspecified atom stereocenters. The largest absolute Gasteiger partial charge is 0.494 e. The van der Waals surface area contributed by atoms with Gasteiger partial charge in [-0.05, 0) is 75.1 Å². The summed E-state index contributed by atoms with van der Waals surface area (Å²) in [5, 5.41) is 3.86. The standard InChI is InChI=1S/C26H35N3O3S/c1-4-15-28(2)16-7-5-6-8-17-30-23-12-10-22(11-13-23)29(3)26(33)27-21-9-14-24-25(20-21)32-19-18-31-24/h4,9-14,20H,1,5-8,15-19H2,2-3H3,(H,27,33). The number of anilines is 2. The van der Waals surface area contributed by atoms with Gasteiger partial charge in [-0.3, -0.25) is 0 Å². The molecule has 1 aliphatic rings. The first kappa shape index (κ1) is 24.9. The Labute approximate surface area is 203 Å². The Hall–Kier alpha value is -2.77. The predicted molar refractivity (Wildman–Crippen MR) is 140 cm³/mol. The summed E-state index contributed by atoms with van der Waals surface area (Å²) in [6.07, 6.45) is 6.63. The first-order valence-corrected chi connectivity index (χ1v) is 11.9. The molecule has 0 fully saturated rings. The molecule has 7 heteroatoms. The topological polar surface area (TPSA) is 46.2 Å². The first-order chi connectivity index (χ1) is 16.1. The maximum atomic E-state index is 5.90. The Bertz CT molecular complexity index is 904. The molecule has 0 spiro atoms. The van der Waals surface area contributed by atoms with Gasteiger partial charge < -0.3 is 29.3 Å². The summed E-state index contributed by atoms with van der Waals surface area (Å²) < 4.78 is 17.1. The highest BCUT2D eigenvalue weighted by Gasteiger charge is 2.13. The molecule has 0 saturated carbocycles. The molecule has 1 aliphatic heterocycles. The second-order valence-electron chi connectivity index (χ2n) is 8.16. The zero-order valence-electron chi connectivity index (χ0n) is 19.7. The number of ether oxygens (including phenoxy) is 3. The highest BCUT2D eigenvalue weighted by atomic mass is 32.1. The van der Waals surface area contributed by atoms with E-state index in [1.165, 1.54) is 19.3 Å². The van der Waals surface area contributed by atoms with Crippen molar-refractivity contribution in [3.05, 3.63) is 55.1 Å². The van der Waals surface area contributed by atoms with Crippen molar-refractivity contribution in [3.8, 4) is 17.2 Å². The van der Waals surface area contributed by atoms with Crippen LogP contribution in [0.25, 0.3) is 0 Å². The van der Waals surface area contributed by atoms with E-state index < -0.39 is 0 Å². The molecule has 33 heavy (non-hydrogen) atoms. The van der Waals surface area contributed by atoms with Gasteiger partial charge in [0.15, 0.2) is 16.6 Å². The van der Waals surface area contributed by atoms with Crippen LogP contribution in [0.5, 0.6) is 17.2 Å². The molecule has 0 aromatic heterocycles. The van der Waals surface area contributed by atoms with E-state index in [1.54, 1.807) is 0 Å². The monoisotopic (exact) mass is 469 g/mol. The summed E-state index contributed by atoms with van der Waals surface area (Å²) in [7, 11) is 4.07. The summed E-state index contributed by atoms with van der Waals surface area (Å²) in [4.78, 5) is 4.22. The molecule has 0 aliphatic carbocycles. The van der Waals surface area contributed by atoms with Crippen molar-refractivity contribution in [1.29, 1.82) is 0 Å². The molecule has 0 amide bonds. The van der Waals surface area contributed by atoms with Crippen molar-refractivity contribution >= 4 is 28.7 Å². The predicted octanol–water partition coefficient (Wildman–Crippen LogP) is 5.35. The van der Waals surface area contributed by atoms with Crippen LogP contribution in [0.2, 0.25) is 0 Å². The number of hydrogen-bond donors (Lipinski definition) is 1. The lowest BCUT2D eigenvalue weighted by Crippen LogP contribution is -2.30. The third-order valence-electron chi connectivity index (χ3n) is 5.47. The van der Waals surface area contributed by atoms with E-state index in [0.717, 1.165) is 54.7 Å². The zero-order chi connectivity index (χ0) is 23.5. The minimum Gasteiger partial charge on any atom is -0.494 e. The van der Waals surface area contributed by atoms with Gasteiger partial charge in [0, 0.05) is 31.0 Å². The number of thiocarbonyl (C=S) groups is 1. The van der Waals surface area contributed by atoms with Gasteiger partial charge in [-0.25, -0.2) is 0 Å². The van der Waals surface area contributed by atoms with Gasteiger partial charge in [-0.15, -0.1) is 6.58 Å². The molecule has 0 atom stereocenters. The highest BCUT2D eigenvalue weighted by molar-refractivity contribution is 7.80. The number of rotatable bonds is 12. The molecule has 178 valence electrons. The number of unbranched alkanes of at least 4 members (excludes halogenated alkanes) is 3.